The van der Waals surface area contributed by atoms with E-state index in [1.54, 1.807) is 20.8 Å². The van der Waals surface area contributed by atoms with Crippen molar-refractivity contribution in [1.29, 1.82) is 0 Å². The molecule has 1 aliphatic rings. The van der Waals surface area contributed by atoms with Crippen molar-refractivity contribution >= 4 is 12.0 Å². The summed E-state index contributed by atoms with van der Waals surface area (Å²) in [5.74, 6) is -1.91. The van der Waals surface area contributed by atoms with Crippen LogP contribution >= 0.6 is 0 Å². The highest BCUT2D eigenvalue weighted by atomic mass is 19.1. The normalized spacial score (nSPS) is 17.2. The molecule has 2 amide bonds. The van der Waals surface area contributed by atoms with Gasteiger partial charge >= 0.3 is 6.09 Å². The molecule has 2 N–H and O–H groups in total. The van der Waals surface area contributed by atoms with Crippen LogP contribution in [-0.2, 0) is 29.7 Å². The third-order valence-electron chi connectivity index (χ3n) is 6.69. The number of likely N-dealkylation sites (tertiary alicyclic amines) is 1. The molecule has 0 radical (unpaired) electrons. The SMILES string of the molecule is Cn1c(C2CC(OCc3ccccc3)CCN2C(=O)OC(C)(C)C)nc(C(=O)NCc2ccc(F)cc2)c(O)c1=O. The van der Waals surface area contributed by atoms with E-state index in [9.17, 15) is 23.9 Å². The van der Waals surface area contributed by atoms with Crippen molar-refractivity contribution < 1.29 is 28.6 Å². The Kier molecular flexibility index (Phi) is 9.07. The van der Waals surface area contributed by atoms with Crippen LogP contribution in [0.2, 0.25) is 0 Å². The maximum absolute atomic E-state index is 13.2. The van der Waals surface area contributed by atoms with E-state index in [-0.39, 0.29) is 31.4 Å². The minimum atomic E-state index is -0.835. The minimum Gasteiger partial charge on any atom is -0.501 e. The fraction of sp³-hybridized carbons (Fsp3) is 0.400. The summed E-state index contributed by atoms with van der Waals surface area (Å²) in [6.45, 7) is 5.92. The lowest BCUT2D eigenvalue weighted by Gasteiger charge is -2.39. The van der Waals surface area contributed by atoms with Gasteiger partial charge in [0.25, 0.3) is 11.5 Å². The Hall–Kier alpha value is -4.25. The monoisotopic (exact) mass is 566 g/mol. The number of ether oxygens (including phenoxy) is 2. The third kappa shape index (κ3) is 7.49. The van der Waals surface area contributed by atoms with Crippen molar-refractivity contribution in [1.82, 2.24) is 19.8 Å². The van der Waals surface area contributed by atoms with Gasteiger partial charge in [0, 0.05) is 26.6 Å². The maximum atomic E-state index is 13.2. The van der Waals surface area contributed by atoms with E-state index in [2.05, 4.69) is 10.3 Å². The molecule has 2 aromatic carbocycles. The average Bonchev–Trinajstić information content (AvgIpc) is 2.94. The number of aromatic nitrogens is 2. The highest BCUT2D eigenvalue weighted by Crippen LogP contribution is 2.33. The van der Waals surface area contributed by atoms with Gasteiger partial charge in [-0.15, -0.1) is 0 Å². The second-order valence-electron chi connectivity index (χ2n) is 11.0. The number of rotatable bonds is 7. The molecule has 2 heterocycles. The molecule has 11 heteroatoms. The van der Waals surface area contributed by atoms with Gasteiger partial charge < -0.3 is 19.9 Å². The number of hydrogen-bond acceptors (Lipinski definition) is 7. The van der Waals surface area contributed by atoms with Crippen molar-refractivity contribution in [2.45, 2.75) is 64.5 Å². The molecule has 0 spiro atoms. The number of benzene rings is 2. The summed E-state index contributed by atoms with van der Waals surface area (Å²) in [6.07, 6.45) is -0.0538. The molecule has 2 atom stereocenters. The first-order chi connectivity index (χ1) is 19.4. The van der Waals surface area contributed by atoms with Crippen LogP contribution in [0.25, 0.3) is 0 Å². The fourth-order valence-corrected chi connectivity index (χ4v) is 4.59. The molecule has 1 saturated heterocycles. The molecule has 0 bridgehead atoms. The van der Waals surface area contributed by atoms with Gasteiger partial charge in [-0.3, -0.25) is 19.1 Å². The van der Waals surface area contributed by atoms with Crippen LogP contribution in [0.4, 0.5) is 9.18 Å². The smallest absolute Gasteiger partial charge is 0.410 e. The number of carbonyl (C=O) groups is 2. The molecule has 1 aliphatic heterocycles. The summed E-state index contributed by atoms with van der Waals surface area (Å²) < 4.78 is 26.2. The van der Waals surface area contributed by atoms with Gasteiger partial charge in [-0.1, -0.05) is 42.5 Å². The zero-order valence-corrected chi connectivity index (χ0v) is 23.6. The fourth-order valence-electron chi connectivity index (χ4n) is 4.59. The molecular weight excluding hydrogens is 531 g/mol. The van der Waals surface area contributed by atoms with Crippen molar-refractivity contribution in [3.8, 4) is 5.75 Å². The molecule has 41 heavy (non-hydrogen) atoms. The number of carbonyl (C=O) groups excluding carboxylic acids is 2. The standard InChI is InChI=1S/C30H35FN4O6/c1-30(2,3)41-29(39)35-15-14-22(40-18-20-8-6-5-7-9-20)16-23(35)26-33-24(25(36)28(38)34(26)4)27(37)32-17-19-10-12-21(31)13-11-19/h5-13,22-23,36H,14-18H2,1-4H3,(H,32,37). The number of nitrogens with zero attached hydrogens (tertiary/aromatic N) is 3. The lowest BCUT2D eigenvalue weighted by molar-refractivity contribution is -0.0391. The third-order valence-corrected chi connectivity index (χ3v) is 6.69. The van der Waals surface area contributed by atoms with Crippen LogP contribution in [-0.4, -0.2) is 49.8 Å². The highest BCUT2D eigenvalue weighted by Gasteiger charge is 2.38. The lowest BCUT2D eigenvalue weighted by Crippen LogP contribution is -2.47. The van der Waals surface area contributed by atoms with Gasteiger partial charge in [-0.25, -0.2) is 14.2 Å². The molecule has 2 unspecified atom stereocenters. The number of aromatic hydroxyl groups is 1. The van der Waals surface area contributed by atoms with E-state index >= 15 is 0 Å². The molecule has 218 valence electrons. The molecular formula is C30H35FN4O6. The number of halogens is 1. The van der Waals surface area contributed by atoms with E-state index in [1.165, 1.54) is 36.2 Å². The van der Waals surface area contributed by atoms with E-state index in [0.29, 0.717) is 18.6 Å². The zero-order valence-electron chi connectivity index (χ0n) is 23.6. The quantitative estimate of drug-likeness (QED) is 0.439. The van der Waals surface area contributed by atoms with E-state index in [1.807, 2.05) is 30.3 Å². The molecule has 3 aromatic rings. The first-order valence-electron chi connectivity index (χ1n) is 13.4. The summed E-state index contributed by atoms with van der Waals surface area (Å²) in [5.41, 5.74) is -0.457. The van der Waals surface area contributed by atoms with Crippen molar-refractivity contribution in [3.63, 3.8) is 0 Å². The Bertz CT molecular complexity index is 1440. The highest BCUT2D eigenvalue weighted by molar-refractivity contribution is 5.94. The first-order valence-corrected chi connectivity index (χ1v) is 13.4. The van der Waals surface area contributed by atoms with Crippen molar-refractivity contribution in [3.05, 3.63) is 93.4 Å². The number of hydrogen-bond donors (Lipinski definition) is 2. The van der Waals surface area contributed by atoms with Gasteiger partial charge in [0.2, 0.25) is 5.75 Å². The van der Waals surface area contributed by atoms with Gasteiger partial charge in [-0.05, 0) is 50.5 Å². The summed E-state index contributed by atoms with van der Waals surface area (Å²) in [7, 11) is 1.42. The molecule has 1 fully saturated rings. The van der Waals surface area contributed by atoms with Gasteiger partial charge in [0.05, 0.1) is 18.8 Å². The van der Waals surface area contributed by atoms with Crippen LogP contribution in [0.15, 0.2) is 59.4 Å². The summed E-state index contributed by atoms with van der Waals surface area (Å²) in [5, 5.41) is 13.2. The zero-order chi connectivity index (χ0) is 29.7. The molecule has 1 aromatic heterocycles. The van der Waals surface area contributed by atoms with Crippen LogP contribution in [0.1, 0.15) is 67.1 Å². The summed E-state index contributed by atoms with van der Waals surface area (Å²) in [4.78, 5) is 45.2. The first kappa shape index (κ1) is 29.7. The van der Waals surface area contributed by atoms with Crippen LogP contribution in [0.5, 0.6) is 5.75 Å². The predicted octanol–water partition coefficient (Wildman–Crippen LogP) is 4.21. The van der Waals surface area contributed by atoms with Gasteiger partial charge in [0.15, 0.2) is 5.69 Å². The van der Waals surface area contributed by atoms with E-state index in [0.717, 1.165) is 10.1 Å². The lowest BCUT2D eigenvalue weighted by atomic mass is 9.98. The topological polar surface area (TPSA) is 123 Å². The predicted molar refractivity (Wildman–Crippen MR) is 149 cm³/mol. The average molecular weight is 567 g/mol. The number of nitrogens with one attached hydrogen (secondary N) is 1. The largest absolute Gasteiger partial charge is 0.501 e. The second-order valence-corrected chi connectivity index (χ2v) is 11.0. The van der Waals surface area contributed by atoms with Crippen molar-refractivity contribution in [2.24, 2.45) is 7.05 Å². The number of piperidine rings is 1. The van der Waals surface area contributed by atoms with E-state index in [4.69, 9.17) is 9.47 Å². The Morgan fingerprint density at radius 1 is 1.10 bits per heavy atom. The Labute approximate surface area is 237 Å². The minimum absolute atomic E-state index is 0.0215. The molecule has 0 aliphatic carbocycles. The Balaban J connectivity index is 1.63. The Morgan fingerprint density at radius 3 is 2.44 bits per heavy atom. The number of amides is 2. The van der Waals surface area contributed by atoms with Gasteiger partial charge in [0.1, 0.15) is 17.2 Å². The molecule has 10 nitrogen and oxygen atoms in total. The van der Waals surface area contributed by atoms with Crippen LogP contribution < -0.4 is 10.9 Å². The summed E-state index contributed by atoms with van der Waals surface area (Å²) in [6, 6.07) is 14.4. The second kappa shape index (κ2) is 12.5. The summed E-state index contributed by atoms with van der Waals surface area (Å²) >= 11 is 0. The van der Waals surface area contributed by atoms with Crippen LogP contribution in [0, 0.1) is 5.82 Å². The molecule has 0 saturated carbocycles. The van der Waals surface area contributed by atoms with E-state index < -0.39 is 46.5 Å². The maximum Gasteiger partial charge on any atom is 0.410 e. The van der Waals surface area contributed by atoms with Crippen molar-refractivity contribution in [2.75, 3.05) is 6.54 Å². The molecule has 4 rings (SSSR count). The Morgan fingerprint density at radius 2 is 1.78 bits per heavy atom. The van der Waals surface area contributed by atoms with Crippen LogP contribution in [0.3, 0.4) is 0 Å². The van der Waals surface area contributed by atoms with Gasteiger partial charge in [-0.2, -0.15) is 0 Å².